The molecule has 158 valence electrons. The largest absolute Gasteiger partial charge is 0.494 e. The Bertz CT molecular complexity index is 1180. The summed E-state index contributed by atoms with van der Waals surface area (Å²) in [5.74, 6) is 0.290. The van der Waals surface area contributed by atoms with Gasteiger partial charge in [0.15, 0.2) is 0 Å². The first-order chi connectivity index (χ1) is 14.8. The number of hydrogen-bond acceptors (Lipinski definition) is 3. The van der Waals surface area contributed by atoms with Crippen molar-refractivity contribution in [3.63, 3.8) is 0 Å². The standard InChI is InChI=1S/C26H27N3O2/c1-6-31-24-10-8-23(9-11-24)28-26(30)22(16-27)15-21-14-19(4)29(20(21)5)25-12-7-17(2)13-18(25)3/h7-15H,6H2,1-5H3,(H,28,30)/b22-15-. The van der Waals surface area contributed by atoms with E-state index in [4.69, 9.17) is 4.74 Å². The van der Waals surface area contributed by atoms with Gasteiger partial charge in [-0.25, -0.2) is 0 Å². The minimum Gasteiger partial charge on any atom is -0.494 e. The van der Waals surface area contributed by atoms with E-state index < -0.39 is 5.91 Å². The van der Waals surface area contributed by atoms with Gasteiger partial charge in [0.2, 0.25) is 0 Å². The lowest BCUT2D eigenvalue weighted by atomic mass is 10.1. The first-order valence-corrected chi connectivity index (χ1v) is 10.3. The predicted molar refractivity (Wildman–Crippen MR) is 125 cm³/mol. The molecule has 1 N–H and O–H groups in total. The molecule has 0 bridgehead atoms. The summed E-state index contributed by atoms with van der Waals surface area (Å²) in [7, 11) is 0. The summed E-state index contributed by atoms with van der Waals surface area (Å²) < 4.78 is 7.57. The fraction of sp³-hybridized carbons (Fsp3) is 0.231. The molecule has 0 unspecified atom stereocenters. The zero-order valence-electron chi connectivity index (χ0n) is 18.6. The topological polar surface area (TPSA) is 67.0 Å². The van der Waals surface area contributed by atoms with E-state index in [1.807, 2.05) is 32.9 Å². The smallest absolute Gasteiger partial charge is 0.266 e. The Morgan fingerprint density at radius 2 is 1.81 bits per heavy atom. The normalized spacial score (nSPS) is 11.2. The van der Waals surface area contributed by atoms with Crippen LogP contribution >= 0.6 is 0 Å². The average Bonchev–Trinajstić information content (AvgIpc) is 3.01. The lowest BCUT2D eigenvalue weighted by Crippen LogP contribution is -2.13. The lowest BCUT2D eigenvalue weighted by molar-refractivity contribution is -0.112. The second kappa shape index (κ2) is 9.36. The number of nitrogens with one attached hydrogen (secondary N) is 1. The van der Waals surface area contributed by atoms with E-state index in [1.165, 1.54) is 11.1 Å². The maximum Gasteiger partial charge on any atom is 0.266 e. The molecule has 1 aromatic heterocycles. The van der Waals surface area contributed by atoms with Gasteiger partial charge in [0.05, 0.1) is 6.61 Å². The quantitative estimate of drug-likeness (QED) is 0.419. The zero-order chi connectivity index (χ0) is 22.5. The molecule has 0 aliphatic heterocycles. The fourth-order valence-electron chi connectivity index (χ4n) is 3.66. The van der Waals surface area contributed by atoms with Crippen molar-refractivity contribution in [3.8, 4) is 17.5 Å². The molecule has 5 heteroatoms. The van der Waals surface area contributed by atoms with Crippen LogP contribution in [0.25, 0.3) is 11.8 Å². The number of amides is 1. The highest BCUT2D eigenvalue weighted by Crippen LogP contribution is 2.26. The van der Waals surface area contributed by atoms with Crippen molar-refractivity contribution >= 4 is 17.7 Å². The predicted octanol–water partition coefficient (Wildman–Crippen LogP) is 5.66. The van der Waals surface area contributed by atoms with E-state index >= 15 is 0 Å². The first kappa shape index (κ1) is 21.9. The van der Waals surface area contributed by atoms with Gasteiger partial charge in [0.25, 0.3) is 5.91 Å². The summed E-state index contributed by atoms with van der Waals surface area (Å²) >= 11 is 0. The van der Waals surface area contributed by atoms with E-state index in [9.17, 15) is 10.1 Å². The number of benzene rings is 2. The van der Waals surface area contributed by atoms with Gasteiger partial charge in [-0.15, -0.1) is 0 Å². The summed E-state index contributed by atoms with van der Waals surface area (Å²) in [5.41, 5.74) is 7.00. The van der Waals surface area contributed by atoms with Crippen molar-refractivity contribution < 1.29 is 9.53 Å². The number of hydrogen-bond donors (Lipinski definition) is 1. The molecular weight excluding hydrogens is 386 g/mol. The van der Waals surface area contributed by atoms with Crippen molar-refractivity contribution in [1.29, 1.82) is 5.26 Å². The number of aromatic nitrogens is 1. The van der Waals surface area contributed by atoms with Crippen LogP contribution in [0.2, 0.25) is 0 Å². The van der Waals surface area contributed by atoms with Gasteiger partial charge < -0.3 is 14.6 Å². The van der Waals surface area contributed by atoms with Crippen molar-refractivity contribution in [1.82, 2.24) is 4.57 Å². The molecule has 0 radical (unpaired) electrons. The molecule has 0 saturated heterocycles. The number of carbonyl (C=O) groups excluding carboxylic acids is 1. The van der Waals surface area contributed by atoms with Crippen LogP contribution in [0.4, 0.5) is 5.69 Å². The lowest BCUT2D eigenvalue weighted by Gasteiger charge is -2.13. The van der Waals surface area contributed by atoms with E-state index in [1.54, 1.807) is 30.3 Å². The van der Waals surface area contributed by atoms with Crippen LogP contribution in [-0.4, -0.2) is 17.1 Å². The SMILES string of the molecule is CCOc1ccc(NC(=O)/C(C#N)=C\c2cc(C)n(-c3ccc(C)cc3C)c2C)cc1. The van der Waals surface area contributed by atoms with Gasteiger partial charge in [-0.3, -0.25) is 4.79 Å². The van der Waals surface area contributed by atoms with Crippen LogP contribution in [-0.2, 0) is 4.79 Å². The van der Waals surface area contributed by atoms with Crippen LogP contribution in [0.3, 0.4) is 0 Å². The van der Waals surface area contributed by atoms with Gasteiger partial charge >= 0.3 is 0 Å². The number of carbonyl (C=O) groups is 1. The Balaban J connectivity index is 1.88. The highest BCUT2D eigenvalue weighted by Gasteiger charge is 2.15. The fourth-order valence-corrected chi connectivity index (χ4v) is 3.66. The molecule has 0 saturated carbocycles. The van der Waals surface area contributed by atoms with Crippen molar-refractivity contribution in [3.05, 3.63) is 82.2 Å². The highest BCUT2D eigenvalue weighted by molar-refractivity contribution is 6.09. The average molecular weight is 414 g/mol. The molecule has 5 nitrogen and oxygen atoms in total. The number of nitrogens with zero attached hydrogens (tertiary/aromatic N) is 2. The number of rotatable bonds is 6. The number of ether oxygens (including phenoxy) is 1. The second-order valence-electron chi connectivity index (χ2n) is 7.53. The maximum atomic E-state index is 12.7. The van der Waals surface area contributed by atoms with E-state index in [0.29, 0.717) is 12.3 Å². The molecule has 31 heavy (non-hydrogen) atoms. The first-order valence-electron chi connectivity index (χ1n) is 10.3. The summed E-state index contributed by atoms with van der Waals surface area (Å²) in [6.07, 6.45) is 1.65. The Labute approximate surface area is 183 Å². The Morgan fingerprint density at radius 1 is 1.10 bits per heavy atom. The van der Waals surface area contributed by atoms with E-state index in [-0.39, 0.29) is 5.57 Å². The van der Waals surface area contributed by atoms with E-state index in [0.717, 1.165) is 28.4 Å². The molecule has 3 rings (SSSR count). The summed E-state index contributed by atoms with van der Waals surface area (Å²) in [6, 6.07) is 17.4. The number of aryl methyl sites for hydroxylation is 3. The van der Waals surface area contributed by atoms with Gasteiger partial charge in [0, 0.05) is 22.8 Å². The molecule has 2 aromatic carbocycles. The third-order valence-electron chi connectivity index (χ3n) is 5.15. The third-order valence-corrected chi connectivity index (χ3v) is 5.15. The summed E-state index contributed by atoms with van der Waals surface area (Å²) in [5, 5.41) is 12.4. The summed E-state index contributed by atoms with van der Waals surface area (Å²) in [4.78, 5) is 12.7. The molecule has 0 spiro atoms. The third kappa shape index (κ3) is 4.87. The Morgan fingerprint density at radius 3 is 2.42 bits per heavy atom. The second-order valence-corrected chi connectivity index (χ2v) is 7.53. The van der Waals surface area contributed by atoms with Crippen molar-refractivity contribution in [2.45, 2.75) is 34.6 Å². The molecule has 0 aliphatic rings. The van der Waals surface area contributed by atoms with Crippen molar-refractivity contribution in [2.75, 3.05) is 11.9 Å². The molecule has 0 atom stereocenters. The molecule has 1 amide bonds. The van der Waals surface area contributed by atoms with E-state index in [2.05, 4.69) is 41.9 Å². The van der Waals surface area contributed by atoms with Crippen molar-refractivity contribution in [2.24, 2.45) is 0 Å². The number of anilines is 1. The Hall–Kier alpha value is -3.78. The highest BCUT2D eigenvalue weighted by atomic mass is 16.5. The molecule has 1 heterocycles. The molecular formula is C26H27N3O2. The minimum atomic E-state index is -0.442. The van der Waals surface area contributed by atoms with Crippen LogP contribution in [0.15, 0.2) is 54.1 Å². The molecule has 0 fully saturated rings. The van der Waals surface area contributed by atoms with Crippen LogP contribution in [0, 0.1) is 39.0 Å². The zero-order valence-corrected chi connectivity index (χ0v) is 18.6. The minimum absolute atomic E-state index is 0.0507. The van der Waals surface area contributed by atoms with Crippen LogP contribution in [0.1, 0.15) is 35.0 Å². The number of nitriles is 1. The Kier molecular flexibility index (Phi) is 6.61. The molecule has 0 aliphatic carbocycles. The van der Waals surface area contributed by atoms with Gasteiger partial charge in [0.1, 0.15) is 17.4 Å². The van der Waals surface area contributed by atoms with Gasteiger partial charge in [-0.05, 0) is 88.2 Å². The summed E-state index contributed by atoms with van der Waals surface area (Å²) in [6.45, 7) is 10.7. The van der Waals surface area contributed by atoms with Crippen LogP contribution < -0.4 is 10.1 Å². The monoisotopic (exact) mass is 413 g/mol. The van der Waals surface area contributed by atoms with Gasteiger partial charge in [-0.2, -0.15) is 5.26 Å². The van der Waals surface area contributed by atoms with Gasteiger partial charge in [-0.1, -0.05) is 17.7 Å². The molecule has 3 aromatic rings. The van der Waals surface area contributed by atoms with Crippen LogP contribution in [0.5, 0.6) is 5.75 Å². The maximum absolute atomic E-state index is 12.7.